The summed E-state index contributed by atoms with van der Waals surface area (Å²) in [7, 11) is 0. The van der Waals surface area contributed by atoms with Crippen LogP contribution in [0.4, 0.5) is 0 Å². The molecule has 4 heteroatoms. The number of nitrogens with zero attached hydrogens (tertiary/aromatic N) is 1. The maximum absolute atomic E-state index is 12.1. The van der Waals surface area contributed by atoms with Crippen LogP contribution in [0.3, 0.4) is 0 Å². The van der Waals surface area contributed by atoms with Gasteiger partial charge in [0.1, 0.15) is 6.04 Å². The van der Waals surface area contributed by atoms with Crippen molar-refractivity contribution in [1.82, 2.24) is 10.2 Å². The fraction of sp³-hybridized carbons (Fsp3) is 0.321. The van der Waals surface area contributed by atoms with Crippen LogP contribution < -0.4 is 5.32 Å². The maximum Gasteiger partial charge on any atom is 0.320 e. The van der Waals surface area contributed by atoms with Gasteiger partial charge in [0.05, 0.1) is 5.54 Å². The monoisotopic (exact) mass is 430 g/mol. The van der Waals surface area contributed by atoms with E-state index in [0.717, 1.165) is 42.7 Å². The van der Waals surface area contributed by atoms with Crippen molar-refractivity contribution < 1.29 is 9.90 Å². The average Bonchev–Trinajstić information content (AvgIpc) is 3.33. The Labute approximate surface area is 191 Å². The Hall–Kier alpha value is -2.95. The predicted octanol–water partition coefficient (Wildman–Crippen LogP) is 5.14. The number of hydrogen-bond acceptors (Lipinski definition) is 3. The van der Waals surface area contributed by atoms with Gasteiger partial charge in [-0.25, -0.2) is 0 Å². The molecule has 0 saturated carbocycles. The minimum atomic E-state index is -0.750. The molecular formula is C28H34N2O2. The Balaban J connectivity index is 0.000000523. The maximum atomic E-state index is 12.1. The van der Waals surface area contributed by atoms with E-state index in [1.165, 1.54) is 0 Å². The van der Waals surface area contributed by atoms with Crippen molar-refractivity contribution in [3.63, 3.8) is 0 Å². The smallest absolute Gasteiger partial charge is 0.320 e. The summed E-state index contributed by atoms with van der Waals surface area (Å²) in [5, 5.41) is 13.1. The van der Waals surface area contributed by atoms with Crippen LogP contribution in [-0.4, -0.2) is 41.7 Å². The molecule has 1 aliphatic rings. The van der Waals surface area contributed by atoms with E-state index in [2.05, 4.69) is 60.5 Å². The van der Waals surface area contributed by atoms with Crippen molar-refractivity contribution in [3.8, 4) is 0 Å². The molecule has 1 fully saturated rings. The molecule has 0 amide bonds. The van der Waals surface area contributed by atoms with Crippen LogP contribution >= 0.6 is 0 Å². The Morgan fingerprint density at radius 1 is 0.844 bits per heavy atom. The second kappa shape index (κ2) is 11.6. The topological polar surface area (TPSA) is 52.6 Å². The summed E-state index contributed by atoms with van der Waals surface area (Å²) in [4.78, 5) is 14.3. The summed E-state index contributed by atoms with van der Waals surface area (Å²) in [6.07, 6.45) is 1.55. The number of benzene rings is 3. The zero-order chi connectivity index (χ0) is 22.8. The average molecular weight is 431 g/mol. The van der Waals surface area contributed by atoms with Gasteiger partial charge >= 0.3 is 5.97 Å². The van der Waals surface area contributed by atoms with Gasteiger partial charge in [0.15, 0.2) is 0 Å². The quantitative estimate of drug-likeness (QED) is 0.510. The summed E-state index contributed by atoms with van der Waals surface area (Å²) in [5.74, 6) is -0.750. The first-order valence-corrected chi connectivity index (χ1v) is 11.5. The third-order valence-electron chi connectivity index (χ3n) is 6.04. The van der Waals surface area contributed by atoms with E-state index in [1.54, 1.807) is 0 Å². The minimum absolute atomic E-state index is 0.509. The van der Waals surface area contributed by atoms with E-state index in [9.17, 15) is 9.90 Å². The second-order valence-electron chi connectivity index (χ2n) is 7.96. The molecule has 1 atom stereocenters. The van der Waals surface area contributed by atoms with E-state index in [4.69, 9.17) is 0 Å². The summed E-state index contributed by atoms with van der Waals surface area (Å²) >= 11 is 0. The molecule has 1 heterocycles. The highest BCUT2D eigenvalue weighted by molar-refractivity contribution is 5.74. The van der Waals surface area contributed by atoms with E-state index in [0.29, 0.717) is 6.42 Å². The fourth-order valence-corrected chi connectivity index (χ4v) is 4.71. The fourth-order valence-electron chi connectivity index (χ4n) is 4.71. The second-order valence-corrected chi connectivity index (χ2v) is 7.96. The van der Waals surface area contributed by atoms with Crippen molar-refractivity contribution in [2.24, 2.45) is 0 Å². The van der Waals surface area contributed by atoms with Gasteiger partial charge in [-0.15, -0.1) is 0 Å². The number of aliphatic carboxylic acids is 1. The van der Waals surface area contributed by atoms with Gasteiger partial charge in [0.2, 0.25) is 0 Å². The molecule has 4 nitrogen and oxygen atoms in total. The molecule has 4 rings (SSSR count). The van der Waals surface area contributed by atoms with Gasteiger partial charge < -0.3 is 10.4 Å². The lowest BCUT2D eigenvalue weighted by molar-refractivity contribution is -0.143. The molecule has 2 N–H and O–H groups in total. The van der Waals surface area contributed by atoms with Crippen LogP contribution in [0.2, 0.25) is 0 Å². The normalized spacial score (nSPS) is 16.2. The highest BCUT2D eigenvalue weighted by Crippen LogP contribution is 2.45. The highest BCUT2D eigenvalue weighted by Gasteiger charge is 2.48. The van der Waals surface area contributed by atoms with Crippen molar-refractivity contribution in [3.05, 3.63) is 108 Å². The molecule has 3 aromatic carbocycles. The van der Waals surface area contributed by atoms with Gasteiger partial charge in [-0.3, -0.25) is 9.69 Å². The van der Waals surface area contributed by atoms with Crippen LogP contribution in [0.1, 0.15) is 43.4 Å². The Morgan fingerprint density at radius 2 is 1.25 bits per heavy atom. The molecule has 0 unspecified atom stereocenters. The van der Waals surface area contributed by atoms with Crippen LogP contribution in [0.25, 0.3) is 0 Å². The zero-order valence-electron chi connectivity index (χ0n) is 19.1. The molecule has 168 valence electrons. The molecule has 0 aromatic heterocycles. The number of hydrogen-bond donors (Lipinski definition) is 2. The van der Waals surface area contributed by atoms with E-state index >= 15 is 0 Å². The first kappa shape index (κ1) is 23.7. The lowest BCUT2D eigenvalue weighted by atomic mass is 9.75. The molecule has 3 aromatic rings. The molecule has 1 saturated heterocycles. The highest BCUT2D eigenvalue weighted by atomic mass is 16.4. The van der Waals surface area contributed by atoms with Crippen molar-refractivity contribution in [2.75, 3.05) is 19.6 Å². The predicted molar refractivity (Wildman–Crippen MR) is 131 cm³/mol. The van der Waals surface area contributed by atoms with E-state index in [-0.39, 0.29) is 0 Å². The van der Waals surface area contributed by atoms with Gasteiger partial charge in [0, 0.05) is 6.54 Å². The van der Waals surface area contributed by atoms with Crippen LogP contribution in [0.15, 0.2) is 91.0 Å². The standard InChI is InChI=1S/C24H23NO2.C4H11N/c26-23(27)22-17-10-18-25(22)24(19-11-4-1-5-12-19,20-13-6-2-7-14-20)21-15-8-3-9-16-21;1-3-5-4-2/h1-9,11-16,22H,10,17-18H2,(H,26,27);5H,3-4H2,1-2H3/t22-;/m0./s1. The van der Waals surface area contributed by atoms with Crippen molar-refractivity contribution in [1.29, 1.82) is 0 Å². The zero-order valence-corrected chi connectivity index (χ0v) is 19.1. The molecule has 0 aliphatic carbocycles. The van der Waals surface area contributed by atoms with Crippen molar-refractivity contribution in [2.45, 2.75) is 38.3 Å². The van der Waals surface area contributed by atoms with Crippen LogP contribution in [-0.2, 0) is 10.3 Å². The van der Waals surface area contributed by atoms with Gasteiger partial charge in [-0.2, -0.15) is 0 Å². The van der Waals surface area contributed by atoms with E-state index < -0.39 is 17.6 Å². The third kappa shape index (κ3) is 4.93. The molecule has 0 spiro atoms. The molecule has 0 radical (unpaired) electrons. The third-order valence-corrected chi connectivity index (χ3v) is 6.04. The van der Waals surface area contributed by atoms with Crippen LogP contribution in [0.5, 0.6) is 0 Å². The van der Waals surface area contributed by atoms with E-state index in [1.807, 2.05) is 54.6 Å². The molecule has 1 aliphatic heterocycles. The Kier molecular flexibility index (Phi) is 8.60. The number of carbonyl (C=O) groups is 1. The number of nitrogens with one attached hydrogen (secondary N) is 1. The summed E-state index contributed by atoms with van der Waals surface area (Å²) < 4.78 is 0. The summed E-state index contributed by atoms with van der Waals surface area (Å²) in [6.45, 7) is 7.13. The van der Waals surface area contributed by atoms with Crippen LogP contribution in [0, 0.1) is 0 Å². The Bertz CT molecular complexity index is 846. The number of rotatable bonds is 7. The molecular weight excluding hydrogens is 396 g/mol. The van der Waals surface area contributed by atoms with Gasteiger partial charge in [-0.05, 0) is 42.6 Å². The van der Waals surface area contributed by atoms with Gasteiger partial charge in [0.25, 0.3) is 0 Å². The molecule has 32 heavy (non-hydrogen) atoms. The summed E-state index contributed by atoms with van der Waals surface area (Å²) in [6, 6.07) is 30.3. The number of carboxylic acid groups (broad SMARTS) is 1. The lowest BCUT2D eigenvalue weighted by Crippen LogP contribution is -2.52. The minimum Gasteiger partial charge on any atom is -0.480 e. The SMILES string of the molecule is CCNCC.O=C(O)[C@@H]1CCCN1C(c1ccccc1)(c1ccccc1)c1ccccc1. The van der Waals surface area contributed by atoms with Gasteiger partial charge in [-0.1, -0.05) is 105 Å². The first-order chi connectivity index (χ1) is 15.7. The van der Waals surface area contributed by atoms with Crippen molar-refractivity contribution >= 4 is 5.97 Å². The number of likely N-dealkylation sites (tertiary alicyclic amines) is 1. The largest absolute Gasteiger partial charge is 0.480 e. The summed E-state index contributed by atoms with van der Waals surface area (Å²) in [5.41, 5.74) is 2.64. The first-order valence-electron chi connectivity index (χ1n) is 11.5. The number of carboxylic acids is 1. The molecule has 0 bridgehead atoms. The lowest BCUT2D eigenvalue weighted by Gasteiger charge is -2.45. The Morgan fingerprint density at radius 3 is 1.56 bits per heavy atom.